The van der Waals surface area contributed by atoms with E-state index in [0.29, 0.717) is 17.1 Å². The number of aromatic nitrogens is 5. The van der Waals surface area contributed by atoms with Gasteiger partial charge in [-0.05, 0) is 12.1 Å². The van der Waals surface area contributed by atoms with Crippen molar-refractivity contribution in [1.82, 2.24) is 25.0 Å². The molecular weight excluding hydrogens is 296 g/mol. The van der Waals surface area contributed by atoms with E-state index in [9.17, 15) is 4.79 Å². The summed E-state index contributed by atoms with van der Waals surface area (Å²) in [7, 11) is 1.77. The fourth-order valence-corrected chi connectivity index (χ4v) is 2.38. The first kappa shape index (κ1) is 13.3. The van der Waals surface area contributed by atoms with E-state index in [0.717, 1.165) is 10.9 Å². The Labute approximate surface area is 130 Å². The zero-order valence-corrected chi connectivity index (χ0v) is 12.1. The van der Waals surface area contributed by atoms with Crippen molar-refractivity contribution < 1.29 is 9.21 Å². The van der Waals surface area contributed by atoms with Crippen molar-refractivity contribution >= 4 is 22.8 Å². The number of aromatic amines is 1. The lowest BCUT2D eigenvalue weighted by atomic mass is 10.2. The van der Waals surface area contributed by atoms with Crippen LogP contribution in [0.3, 0.4) is 0 Å². The zero-order chi connectivity index (χ0) is 15.8. The van der Waals surface area contributed by atoms with E-state index in [1.165, 1.54) is 0 Å². The van der Waals surface area contributed by atoms with Crippen molar-refractivity contribution in [3.8, 4) is 11.6 Å². The van der Waals surface area contributed by atoms with Crippen molar-refractivity contribution in [3.05, 3.63) is 48.3 Å². The maximum Gasteiger partial charge on any atom is 0.322 e. The normalized spacial score (nSPS) is 11.0. The summed E-state index contributed by atoms with van der Waals surface area (Å²) in [6.07, 6.45) is 3.28. The number of rotatable bonds is 3. The summed E-state index contributed by atoms with van der Waals surface area (Å²) in [6, 6.07) is 9.34. The number of benzene rings is 1. The van der Waals surface area contributed by atoms with Gasteiger partial charge in [0.2, 0.25) is 0 Å². The second kappa shape index (κ2) is 5.09. The van der Waals surface area contributed by atoms with Crippen LogP contribution in [0.25, 0.3) is 22.5 Å². The Morgan fingerprint density at radius 2 is 2.13 bits per heavy atom. The van der Waals surface area contributed by atoms with E-state index >= 15 is 0 Å². The minimum atomic E-state index is -0.317. The smallest absolute Gasteiger partial charge is 0.322 e. The molecule has 0 bridgehead atoms. The molecule has 0 atom stereocenters. The van der Waals surface area contributed by atoms with Gasteiger partial charge in [-0.3, -0.25) is 14.8 Å². The number of H-pyrrole nitrogens is 1. The van der Waals surface area contributed by atoms with Gasteiger partial charge in [-0.2, -0.15) is 5.10 Å². The number of carbonyl (C=O) groups excluding carboxylic acids is 1. The van der Waals surface area contributed by atoms with Crippen LogP contribution in [0.15, 0.2) is 47.1 Å². The Morgan fingerprint density at radius 1 is 1.26 bits per heavy atom. The second-order valence-corrected chi connectivity index (χ2v) is 4.95. The van der Waals surface area contributed by atoms with Crippen molar-refractivity contribution in [2.75, 3.05) is 5.32 Å². The van der Waals surface area contributed by atoms with Gasteiger partial charge in [0.1, 0.15) is 5.69 Å². The molecule has 8 heteroatoms. The molecule has 0 saturated heterocycles. The van der Waals surface area contributed by atoms with Gasteiger partial charge in [-0.25, -0.2) is 0 Å². The van der Waals surface area contributed by atoms with Crippen LogP contribution in [-0.4, -0.2) is 30.9 Å². The van der Waals surface area contributed by atoms with E-state index in [1.54, 1.807) is 30.2 Å². The largest absolute Gasteiger partial charge is 0.401 e. The number of amides is 1. The summed E-state index contributed by atoms with van der Waals surface area (Å²) in [4.78, 5) is 15.4. The van der Waals surface area contributed by atoms with E-state index < -0.39 is 0 Å². The molecule has 0 aliphatic heterocycles. The average Bonchev–Trinajstić information content (AvgIpc) is 3.26. The van der Waals surface area contributed by atoms with Gasteiger partial charge in [-0.15, -0.1) is 5.10 Å². The van der Waals surface area contributed by atoms with Crippen LogP contribution in [-0.2, 0) is 7.05 Å². The summed E-state index contributed by atoms with van der Waals surface area (Å²) in [5.41, 5.74) is 2.07. The molecular formula is C15H12N6O2. The second-order valence-electron chi connectivity index (χ2n) is 4.95. The van der Waals surface area contributed by atoms with Crippen LogP contribution in [0.2, 0.25) is 0 Å². The number of nitrogens with one attached hydrogen (secondary N) is 2. The monoisotopic (exact) mass is 308 g/mol. The molecule has 0 spiro atoms. The van der Waals surface area contributed by atoms with Gasteiger partial charge in [0.25, 0.3) is 11.8 Å². The highest BCUT2D eigenvalue weighted by Crippen LogP contribution is 2.21. The highest BCUT2D eigenvalue weighted by molar-refractivity contribution is 6.12. The molecule has 3 aromatic heterocycles. The van der Waals surface area contributed by atoms with Crippen molar-refractivity contribution in [2.45, 2.75) is 0 Å². The molecule has 4 aromatic rings. The van der Waals surface area contributed by atoms with Gasteiger partial charge in [0.15, 0.2) is 0 Å². The third-order valence-electron chi connectivity index (χ3n) is 3.52. The van der Waals surface area contributed by atoms with Gasteiger partial charge >= 0.3 is 6.01 Å². The van der Waals surface area contributed by atoms with Crippen LogP contribution in [0.5, 0.6) is 0 Å². The van der Waals surface area contributed by atoms with Gasteiger partial charge < -0.3 is 9.40 Å². The number of nitrogens with zero attached hydrogens (tertiary/aromatic N) is 4. The number of fused-ring (bicyclic) bond motifs is 1. The van der Waals surface area contributed by atoms with Gasteiger partial charge in [0.05, 0.1) is 5.56 Å². The summed E-state index contributed by atoms with van der Waals surface area (Å²) in [5, 5.41) is 15.2. The molecule has 0 unspecified atom stereocenters. The predicted molar refractivity (Wildman–Crippen MR) is 82.8 cm³/mol. The number of anilines is 1. The number of carbonyl (C=O) groups is 1. The Kier molecular flexibility index (Phi) is 2.94. The average molecular weight is 308 g/mol. The first-order valence-electron chi connectivity index (χ1n) is 6.92. The summed E-state index contributed by atoms with van der Waals surface area (Å²) < 4.78 is 7.07. The lowest BCUT2D eigenvalue weighted by Gasteiger charge is -1.99. The number of aryl methyl sites for hydroxylation is 1. The molecule has 23 heavy (non-hydrogen) atoms. The summed E-state index contributed by atoms with van der Waals surface area (Å²) in [6.45, 7) is 0. The summed E-state index contributed by atoms with van der Waals surface area (Å²) >= 11 is 0. The first-order valence-corrected chi connectivity index (χ1v) is 6.92. The fourth-order valence-electron chi connectivity index (χ4n) is 2.38. The number of para-hydroxylation sites is 1. The van der Waals surface area contributed by atoms with Crippen molar-refractivity contribution in [2.24, 2.45) is 7.05 Å². The maximum atomic E-state index is 12.4. The minimum Gasteiger partial charge on any atom is -0.401 e. The van der Waals surface area contributed by atoms with Crippen LogP contribution in [0.4, 0.5) is 6.01 Å². The molecule has 0 fully saturated rings. The molecule has 8 nitrogen and oxygen atoms in total. The molecule has 3 heterocycles. The molecule has 0 aliphatic rings. The first-order chi connectivity index (χ1) is 11.2. The lowest BCUT2D eigenvalue weighted by molar-refractivity contribution is 0.102. The molecule has 0 radical (unpaired) electrons. The van der Waals surface area contributed by atoms with E-state index in [2.05, 4.69) is 25.6 Å². The Balaban J connectivity index is 1.60. The van der Waals surface area contributed by atoms with E-state index in [1.807, 2.05) is 24.3 Å². The molecule has 1 amide bonds. The highest BCUT2D eigenvalue weighted by atomic mass is 16.4. The third-order valence-corrected chi connectivity index (χ3v) is 3.52. The van der Waals surface area contributed by atoms with Crippen LogP contribution in [0.1, 0.15) is 10.4 Å². The standard InChI is InChI=1S/C15H12N6O2/c1-21-12(6-7-17-21)14-19-20-15(23-14)18-13(22)10-8-16-11-5-3-2-4-9(10)11/h2-8,16H,1H3,(H,18,20,22). The number of hydrogen-bond acceptors (Lipinski definition) is 5. The predicted octanol–water partition coefficient (Wildman–Crippen LogP) is 2.20. The van der Waals surface area contributed by atoms with Crippen molar-refractivity contribution in [1.29, 1.82) is 0 Å². The quantitative estimate of drug-likeness (QED) is 0.604. The third kappa shape index (κ3) is 2.26. The minimum absolute atomic E-state index is 0.0384. The topological polar surface area (TPSA) is 102 Å². The molecule has 1 aromatic carbocycles. The van der Waals surface area contributed by atoms with E-state index in [4.69, 9.17) is 4.42 Å². The Morgan fingerprint density at radius 3 is 2.96 bits per heavy atom. The van der Waals surface area contributed by atoms with Crippen molar-refractivity contribution in [3.63, 3.8) is 0 Å². The van der Waals surface area contributed by atoms with Crippen LogP contribution in [0, 0.1) is 0 Å². The summed E-state index contributed by atoms with van der Waals surface area (Å²) in [5.74, 6) is -0.0260. The van der Waals surface area contributed by atoms with E-state index in [-0.39, 0.29) is 11.9 Å². The van der Waals surface area contributed by atoms with Crippen LogP contribution < -0.4 is 5.32 Å². The Bertz CT molecular complexity index is 996. The molecule has 114 valence electrons. The zero-order valence-electron chi connectivity index (χ0n) is 12.1. The Hall–Kier alpha value is -3.42. The van der Waals surface area contributed by atoms with Gasteiger partial charge in [0, 0.05) is 30.3 Å². The molecule has 0 saturated carbocycles. The number of hydrogen-bond donors (Lipinski definition) is 2. The van der Waals surface area contributed by atoms with Crippen LogP contribution >= 0.6 is 0 Å². The van der Waals surface area contributed by atoms with Gasteiger partial charge in [-0.1, -0.05) is 23.3 Å². The molecule has 4 rings (SSSR count). The molecule has 2 N–H and O–H groups in total. The fraction of sp³-hybridized carbons (Fsp3) is 0.0667. The SMILES string of the molecule is Cn1nccc1-c1nnc(NC(=O)c2c[nH]c3ccccc23)o1. The lowest BCUT2D eigenvalue weighted by Crippen LogP contribution is -2.11. The maximum absolute atomic E-state index is 12.4. The highest BCUT2D eigenvalue weighted by Gasteiger charge is 2.16. The molecule has 0 aliphatic carbocycles.